The number of carboxylic acids is 1. The van der Waals surface area contributed by atoms with E-state index in [1.165, 1.54) is 0 Å². The Labute approximate surface area is 448 Å². The number of aliphatic carboxylic acids is 1. The Balaban J connectivity index is 1.94. The summed E-state index contributed by atoms with van der Waals surface area (Å²) in [6.45, 7) is 10.4. The predicted octanol–water partition coefficient (Wildman–Crippen LogP) is 1.26. The molecule has 2 saturated heterocycles. The van der Waals surface area contributed by atoms with Gasteiger partial charge in [0.05, 0.1) is 73.5 Å². The summed E-state index contributed by atoms with van der Waals surface area (Å²) in [7, 11) is 3.90. The lowest BCUT2D eigenvalue weighted by molar-refractivity contribution is -0.309. The van der Waals surface area contributed by atoms with Gasteiger partial charge in [-0.2, -0.15) is 0 Å². The number of rotatable bonds is 9. The van der Waals surface area contributed by atoms with Crippen LogP contribution < -0.4 is 10.6 Å². The molecular weight excluding hydrogens is 989 g/mol. The van der Waals surface area contributed by atoms with Crippen LogP contribution in [0.3, 0.4) is 0 Å². The van der Waals surface area contributed by atoms with Crippen molar-refractivity contribution in [1.82, 2.24) is 15.5 Å². The lowest BCUT2D eigenvalue weighted by Gasteiger charge is -2.45. The molecule has 0 saturated carbocycles. The van der Waals surface area contributed by atoms with Crippen molar-refractivity contribution in [3.05, 3.63) is 85.1 Å². The molecule has 0 aromatic heterocycles. The van der Waals surface area contributed by atoms with E-state index in [0.717, 1.165) is 13.0 Å². The second-order valence-corrected chi connectivity index (χ2v) is 20.6. The molecule has 3 aliphatic heterocycles. The number of hydrogen-bond donors (Lipinski definition) is 13. The highest BCUT2D eigenvalue weighted by Crippen LogP contribution is 2.38. The maximum atomic E-state index is 12.7. The second-order valence-electron chi connectivity index (χ2n) is 20.6. The van der Waals surface area contributed by atoms with E-state index in [0.29, 0.717) is 19.0 Å². The zero-order valence-electron chi connectivity index (χ0n) is 45.2. The quantitative estimate of drug-likeness (QED) is 0.0669. The van der Waals surface area contributed by atoms with E-state index in [-0.39, 0.29) is 31.6 Å². The van der Waals surface area contributed by atoms with Crippen LogP contribution in [-0.4, -0.2) is 210 Å². The summed E-state index contributed by atoms with van der Waals surface area (Å²) in [6.07, 6.45) is 4.06. The van der Waals surface area contributed by atoms with Crippen molar-refractivity contribution in [3.8, 4) is 0 Å². The van der Waals surface area contributed by atoms with E-state index in [1.54, 1.807) is 75.5 Å². The van der Waals surface area contributed by atoms with Gasteiger partial charge in [0.1, 0.15) is 24.2 Å². The summed E-state index contributed by atoms with van der Waals surface area (Å²) in [6, 6.07) is -1.05. The Morgan fingerprint density at radius 2 is 1.34 bits per heavy atom. The summed E-state index contributed by atoms with van der Waals surface area (Å²) in [4.78, 5) is 32.1. The highest BCUT2D eigenvalue weighted by atomic mass is 16.7. The highest BCUT2D eigenvalue weighted by molar-refractivity contribution is 5.80. The number of aliphatic imine (C=N–C) groups is 1. The van der Waals surface area contributed by atoms with Gasteiger partial charge in [-0.05, 0) is 67.1 Å². The van der Waals surface area contributed by atoms with E-state index in [4.69, 9.17) is 18.9 Å². The maximum Gasteiger partial charge on any atom is 0.311 e. The fourth-order valence-electron chi connectivity index (χ4n) is 9.16. The number of aliphatic hydroxyl groups excluding tert-OH is 9. The number of carboxylic acid groups (broad SMARTS) is 1. The average Bonchev–Trinajstić information content (AvgIpc) is 3.33. The van der Waals surface area contributed by atoms with E-state index in [9.17, 15) is 65.8 Å². The summed E-state index contributed by atoms with van der Waals surface area (Å²) in [5.74, 6) is -6.55. The Hall–Kier alpha value is -4.17. The van der Waals surface area contributed by atoms with Crippen LogP contribution >= 0.6 is 0 Å². The van der Waals surface area contributed by atoms with Crippen molar-refractivity contribution in [1.29, 1.82) is 0 Å². The van der Waals surface area contributed by atoms with E-state index in [1.807, 2.05) is 63.2 Å². The molecule has 0 amide bonds. The number of fused-ring (bicyclic) bond motifs is 2. The summed E-state index contributed by atoms with van der Waals surface area (Å²) in [5, 5.41) is 128. The van der Waals surface area contributed by atoms with E-state index in [2.05, 4.69) is 15.6 Å². The molecule has 432 valence electrons. The van der Waals surface area contributed by atoms with Crippen LogP contribution in [0.1, 0.15) is 92.4 Å². The van der Waals surface area contributed by atoms with Gasteiger partial charge in [0.15, 0.2) is 18.0 Å². The minimum absolute atomic E-state index is 0.113. The molecular formula is C55H90N4O17. The van der Waals surface area contributed by atoms with Crippen molar-refractivity contribution < 1.29 is 84.7 Å². The Morgan fingerprint density at radius 3 is 1.93 bits per heavy atom. The predicted molar refractivity (Wildman–Crippen MR) is 285 cm³/mol. The molecule has 21 nitrogen and oxygen atoms in total. The van der Waals surface area contributed by atoms with Crippen molar-refractivity contribution in [2.75, 3.05) is 33.7 Å². The molecule has 19 atom stereocenters. The molecule has 2 fully saturated rings. The number of esters is 1. The van der Waals surface area contributed by atoms with Crippen molar-refractivity contribution in [3.63, 3.8) is 0 Å². The third-order valence-electron chi connectivity index (χ3n) is 13.7. The number of ether oxygens (including phenoxy) is 4. The molecule has 2 bridgehead atoms. The molecule has 3 heterocycles. The molecule has 0 aromatic carbocycles. The van der Waals surface area contributed by atoms with Gasteiger partial charge in [0.2, 0.25) is 0 Å². The topological polar surface area (TPSA) is 333 Å². The number of nitrogens with zero attached hydrogens (tertiary/aromatic N) is 2. The zero-order valence-corrected chi connectivity index (χ0v) is 45.2. The van der Waals surface area contributed by atoms with Gasteiger partial charge in [-0.3, -0.25) is 14.6 Å². The van der Waals surface area contributed by atoms with Crippen LogP contribution in [0.2, 0.25) is 0 Å². The molecule has 0 aromatic rings. The number of carbonyl (C=O) groups is 2. The first-order chi connectivity index (χ1) is 35.9. The smallest absolute Gasteiger partial charge is 0.311 e. The minimum atomic E-state index is -2.35. The molecule has 13 N–H and O–H groups in total. The number of carbonyl (C=O) groups excluding carboxylic acids is 1. The van der Waals surface area contributed by atoms with Crippen LogP contribution in [-0.2, 0) is 28.5 Å². The van der Waals surface area contributed by atoms with Crippen LogP contribution in [0.25, 0.3) is 0 Å². The lowest BCUT2D eigenvalue weighted by Crippen LogP contribution is -2.65. The molecule has 0 radical (unpaired) electrons. The number of hydrogen-bond acceptors (Lipinski definition) is 18. The van der Waals surface area contributed by atoms with Crippen molar-refractivity contribution in [2.24, 2.45) is 22.7 Å². The maximum absolute atomic E-state index is 12.7. The number of allylic oxidation sites excluding steroid dienone is 12. The number of nitrogens with one attached hydrogen (secondary N) is 2. The number of guanidine groups is 1. The molecule has 21 heteroatoms. The van der Waals surface area contributed by atoms with E-state index < -0.39 is 147 Å². The van der Waals surface area contributed by atoms with Crippen LogP contribution in [0.4, 0.5) is 0 Å². The number of aliphatic hydroxyl groups is 10. The highest BCUT2D eigenvalue weighted by Gasteiger charge is 2.51. The van der Waals surface area contributed by atoms with Gasteiger partial charge in [-0.15, -0.1) is 0 Å². The second kappa shape index (κ2) is 34.0. The first kappa shape index (κ1) is 66.1. The Bertz CT molecular complexity index is 1960. The van der Waals surface area contributed by atoms with Gasteiger partial charge in [-0.25, -0.2) is 0 Å². The molecule has 3 rings (SSSR count). The van der Waals surface area contributed by atoms with Gasteiger partial charge >= 0.3 is 11.9 Å². The van der Waals surface area contributed by atoms with E-state index >= 15 is 0 Å². The first-order valence-corrected chi connectivity index (χ1v) is 26.6. The lowest BCUT2D eigenvalue weighted by atomic mass is 9.82. The summed E-state index contributed by atoms with van der Waals surface area (Å²) in [5.41, 5.74) is 0. The number of cyclic esters (lactones) is 1. The zero-order chi connectivity index (χ0) is 56.5. The minimum Gasteiger partial charge on any atom is -0.481 e. The molecule has 3 unspecified atom stereocenters. The first-order valence-electron chi connectivity index (χ1n) is 26.6. The van der Waals surface area contributed by atoms with Crippen molar-refractivity contribution in [2.45, 2.75) is 190 Å². The monoisotopic (exact) mass is 1080 g/mol. The largest absolute Gasteiger partial charge is 0.481 e. The fraction of sp³-hybridized carbons (Fsp3) is 0.691. The fourth-order valence-corrected chi connectivity index (χ4v) is 9.16. The third-order valence-corrected chi connectivity index (χ3v) is 13.7. The standard InChI is InChI=1S/C55H90N4O17/c1-8-56-54(57-26-21-27-59(6)7)58-48-50(68)37(5)74-53(51(48)69)75-41-23-20-18-16-14-12-10-9-11-13-15-17-19-22-34(2)49(67)35(3)36(4)73-46(66)30-39(61)28-38(60)24-25-42(63)43(64)29-40(62)32-55(72)33-44(65)47(52(70)71)45(31-41)76-55/h9-20,22-23,34-45,47-51,53,60-65,67-69,72H,8,21,24-33H2,1-7H3,(H,70,71)(H2,56,57,58)/b10-9+,13-11+,14-12+,17-15+,18-16+,22-19+,23-20+/t34-,35-,36-,37+,38?,39+,40-,41-,42?,43?,44-,45-,47+,48-,49+,50+,51-,53-,55+/m0/s1. The average molecular weight is 1080 g/mol. The molecule has 3 aliphatic rings. The van der Waals surface area contributed by atoms with Crippen molar-refractivity contribution >= 4 is 17.9 Å². The molecule has 0 spiro atoms. The van der Waals surface area contributed by atoms with Gasteiger partial charge in [-0.1, -0.05) is 98.9 Å². The van der Waals surface area contributed by atoms with Gasteiger partial charge in [0, 0.05) is 50.6 Å². The Morgan fingerprint density at radius 1 is 0.737 bits per heavy atom. The van der Waals surface area contributed by atoms with Crippen LogP contribution in [0.15, 0.2) is 90.1 Å². The third kappa shape index (κ3) is 23.4. The summed E-state index contributed by atoms with van der Waals surface area (Å²) < 4.78 is 23.9. The van der Waals surface area contributed by atoms with Crippen LogP contribution in [0, 0.1) is 17.8 Å². The van der Waals surface area contributed by atoms with Crippen LogP contribution in [0.5, 0.6) is 0 Å². The molecule has 0 aliphatic carbocycles. The normalized spacial score (nSPS) is 40.9. The van der Waals surface area contributed by atoms with Gasteiger partial charge in [0.25, 0.3) is 0 Å². The SMILES string of the molecule is CCNC(=NCCCN(C)C)N[C@@H]1[C@H](O)[C@H](O[C@H]2/C=C/C=C/C=C/C=C/C=C/C=C/C=C/[C@H](C)[C@@H](O)[C@@H](C)[C@H](C)OC(=O)C[C@H](O)CC(O)CCC(O)C(O)C[C@H](O)C[C@]3(O)C[C@H](O)[C@@H](C(=O)O)[C@H](C2)O3)O[C@H](C)[C@H]1O. The van der Waals surface area contributed by atoms with Gasteiger partial charge < -0.3 is 90.7 Å². The summed E-state index contributed by atoms with van der Waals surface area (Å²) >= 11 is 0. The Kier molecular flexibility index (Phi) is 29.6. The molecule has 76 heavy (non-hydrogen) atoms.